The molecule has 0 bridgehead atoms. The highest BCUT2D eigenvalue weighted by atomic mass is 16.7. The van der Waals surface area contributed by atoms with Gasteiger partial charge in [0, 0.05) is 33.5 Å². The molecule has 168 valence electrons. The maximum atomic E-state index is 6.31. The Labute approximate surface area is 172 Å². The highest BCUT2D eigenvalue weighted by molar-refractivity contribution is 4.93. The van der Waals surface area contributed by atoms with Gasteiger partial charge in [0.15, 0.2) is 6.29 Å². The average molecular weight is 405 g/mol. The van der Waals surface area contributed by atoms with Crippen molar-refractivity contribution in [3.05, 3.63) is 0 Å². The van der Waals surface area contributed by atoms with Crippen molar-refractivity contribution in [3.63, 3.8) is 0 Å². The largest absolute Gasteiger partial charge is 0.379 e. The lowest BCUT2D eigenvalue weighted by Gasteiger charge is -2.45. The van der Waals surface area contributed by atoms with Gasteiger partial charge in [-0.2, -0.15) is 0 Å². The third-order valence-corrected chi connectivity index (χ3v) is 4.88. The van der Waals surface area contributed by atoms with E-state index in [0.717, 1.165) is 44.9 Å². The molecule has 0 aliphatic carbocycles. The van der Waals surface area contributed by atoms with Gasteiger partial charge in [-0.15, -0.1) is 0 Å². The Bertz CT molecular complexity index is 354. The van der Waals surface area contributed by atoms with E-state index in [1.165, 1.54) is 0 Å². The zero-order valence-electron chi connectivity index (χ0n) is 18.8. The van der Waals surface area contributed by atoms with Crippen LogP contribution in [0.4, 0.5) is 0 Å². The summed E-state index contributed by atoms with van der Waals surface area (Å²) in [5.74, 6) is 0. The number of rotatable bonds is 17. The van der Waals surface area contributed by atoms with E-state index in [-0.39, 0.29) is 24.4 Å². The van der Waals surface area contributed by atoms with Gasteiger partial charge in [0.05, 0.1) is 6.61 Å². The highest BCUT2D eigenvalue weighted by Gasteiger charge is 2.48. The van der Waals surface area contributed by atoms with Gasteiger partial charge in [0.1, 0.15) is 24.4 Å². The van der Waals surface area contributed by atoms with Crippen LogP contribution in [0.15, 0.2) is 0 Å². The summed E-state index contributed by atoms with van der Waals surface area (Å²) in [5.41, 5.74) is 0. The number of hydrogen-bond donors (Lipinski definition) is 0. The standard InChI is InChI=1S/C22H44O6/c1-6-10-14-25-19-18(17-24-13-9-4)28-22(23-5)21(27-16-12-8-3)20(19)26-15-11-7-2/h18-22H,6-17H2,1-5H3/t18?,19-,20-,21?,22-/m0/s1. The summed E-state index contributed by atoms with van der Waals surface area (Å²) in [6.45, 7) is 11.8. The van der Waals surface area contributed by atoms with Crippen LogP contribution in [-0.2, 0) is 28.4 Å². The molecule has 1 heterocycles. The first kappa shape index (κ1) is 25.8. The van der Waals surface area contributed by atoms with Crippen molar-refractivity contribution in [1.29, 1.82) is 0 Å². The first-order valence-electron chi connectivity index (χ1n) is 11.3. The van der Waals surface area contributed by atoms with Crippen molar-refractivity contribution in [3.8, 4) is 0 Å². The number of ether oxygens (including phenoxy) is 6. The second-order valence-electron chi connectivity index (χ2n) is 7.42. The van der Waals surface area contributed by atoms with E-state index in [1.54, 1.807) is 7.11 Å². The molecule has 0 aromatic heterocycles. The quantitative estimate of drug-likeness (QED) is 0.336. The van der Waals surface area contributed by atoms with Crippen molar-refractivity contribution in [1.82, 2.24) is 0 Å². The van der Waals surface area contributed by atoms with Gasteiger partial charge < -0.3 is 28.4 Å². The van der Waals surface area contributed by atoms with Crippen LogP contribution in [0.25, 0.3) is 0 Å². The first-order valence-corrected chi connectivity index (χ1v) is 11.3. The topological polar surface area (TPSA) is 55.4 Å². The lowest BCUT2D eigenvalue weighted by atomic mass is 9.98. The van der Waals surface area contributed by atoms with Crippen molar-refractivity contribution in [2.45, 2.75) is 103 Å². The Morgan fingerprint density at radius 2 is 1.18 bits per heavy atom. The van der Waals surface area contributed by atoms with Gasteiger partial charge in [0.2, 0.25) is 0 Å². The Balaban J connectivity index is 2.94. The lowest BCUT2D eigenvalue weighted by molar-refractivity contribution is -0.318. The van der Waals surface area contributed by atoms with E-state index in [2.05, 4.69) is 27.7 Å². The zero-order valence-corrected chi connectivity index (χ0v) is 18.8. The SMILES string of the molecule is CCCCOC1[C@@H](OC)OC(COCCC)[C@H](OCCCC)[C@@H]1OCCCC. The van der Waals surface area contributed by atoms with Crippen molar-refractivity contribution in [2.24, 2.45) is 0 Å². The van der Waals surface area contributed by atoms with E-state index >= 15 is 0 Å². The molecule has 1 aliphatic rings. The summed E-state index contributed by atoms with van der Waals surface area (Å²) in [7, 11) is 1.66. The smallest absolute Gasteiger partial charge is 0.186 e. The predicted molar refractivity (Wildman–Crippen MR) is 111 cm³/mol. The number of hydrogen-bond acceptors (Lipinski definition) is 6. The highest BCUT2D eigenvalue weighted by Crippen LogP contribution is 2.29. The molecule has 0 aromatic carbocycles. The molecule has 1 rings (SSSR count). The number of methoxy groups -OCH3 is 1. The molecule has 1 saturated heterocycles. The summed E-state index contributed by atoms with van der Waals surface area (Å²) >= 11 is 0. The Kier molecular flexibility index (Phi) is 15.2. The molecule has 0 N–H and O–H groups in total. The third-order valence-electron chi connectivity index (χ3n) is 4.88. The minimum Gasteiger partial charge on any atom is -0.379 e. The van der Waals surface area contributed by atoms with Crippen LogP contribution in [0.5, 0.6) is 0 Å². The van der Waals surface area contributed by atoms with Crippen LogP contribution in [0.2, 0.25) is 0 Å². The molecule has 0 saturated carbocycles. The second-order valence-corrected chi connectivity index (χ2v) is 7.42. The lowest BCUT2D eigenvalue weighted by Crippen LogP contribution is -2.62. The van der Waals surface area contributed by atoms with Gasteiger partial charge in [-0.1, -0.05) is 47.0 Å². The van der Waals surface area contributed by atoms with Crippen LogP contribution in [-0.4, -0.2) is 70.9 Å². The Hall–Kier alpha value is -0.240. The number of unbranched alkanes of at least 4 members (excludes halogenated alkanes) is 3. The summed E-state index contributed by atoms with van der Waals surface area (Å²) in [6, 6.07) is 0. The van der Waals surface area contributed by atoms with Crippen molar-refractivity contribution < 1.29 is 28.4 Å². The van der Waals surface area contributed by atoms with Gasteiger partial charge in [-0.05, 0) is 25.7 Å². The molecule has 1 fully saturated rings. The molecule has 0 amide bonds. The van der Waals surface area contributed by atoms with E-state index in [9.17, 15) is 0 Å². The van der Waals surface area contributed by atoms with Crippen LogP contribution in [0.3, 0.4) is 0 Å². The fraction of sp³-hybridized carbons (Fsp3) is 1.00. The monoisotopic (exact) mass is 404 g/mol. The second kappa shape index (κ2) is 16.5. The summed E-state index contributed by atoms with van der Waals surface area (Å²) in [5, 5.41) is 0. The molecular formula is C22H44O6. The Morgan fingerprint density at radius 3 is 1.68 bits per heavy atom. The zero-order chi connectivity index (χ0) is 20.6. The van der Waals surface area contributed by atoms with E-state index < -0.39 is 6.29 Å². The van der Waals surface area contributed by atoms with Crippen LogP contribution in [0.1, 0.15) is 72.6 Å². The van der Waals surface area contributed by atoms with Gasteiger partial charge in [-0.25, -0.2) is 0 Å². The maximum Gasteiger partial charge on any atom is 0.186 e. The molecule has 28 heavy (non-hydrogen) atoms. The van der Waals surface area contributed by atoms with Crippen LogP contribution < -0.4 is 0 Å². The molecule has 6 heteroatoms. The van der Waals surface area contributed by atoms with Crippen molar-refractivity contribution >= 4 is 0 Å². The average Bonchev–Trinajstić information content (AvgIpc) is 2.70. The summed E-state index contributed by atoms with van der Waals surface area (Å²) < 4.78 is 36.4. The van der Waals surface area contributed by atoms with E-state index in [0.29, 0.717) is 33.0 Å². The van der Waals surface area contributed by atoms with Gasteiger partial charge in [0.25, 0.3) is 0 Å². The molecule has 0 spiro atoms. The minimum absolute atomic E-state index is 0.224. The van der Waals surface area contributed by atoms with Crippen LogP contribution >= 0.6 is 0 Å². The molecule has 5 atom stereocenters. The van der Waals surface area contributed by atoms with Crippen molar-refractivity contribution in [2.75, 3.05) is 40.1 Å². The van der Waals surface area contributed by atoms with Gasteiger partial charge >= 0.3 is 0 Å². The summed E-state index contributed by atoms with van der Waals surface area (Å²) in [6.07, 6.45) is 5.78. The Morgan fingerprint density at radius 1 is 0.643 bits per heavy atom. The fourth-order valence-corrected chi connectivity index (χ4v) is 3.20. The molecule has 0 aromatic rings. The first-order chi connectivity index (χ1) is 13.7. The molecule has 6 nitrogen and oxygen atoms in total. The molecule has 1 aliphatic heterocycles. The van der Waals surface area contributed by atoms with E-state index in [4.69, 9.17) is 28.4 Å². The van der Waals surface area contributed by atoms with E-state index in [1.807, 2.05) is 0 Å². The maximum absolute atomic E-state index is 6.31. The minimum atomic E-state index is -0.482. The van der Waals surface area contributed by atoms with Crippen LogP contribution in [0, 0.1) is 0 Å². The molecular weight excluding hydrogens is 360 g/mol. The predicted octanol–water partition coefficient (Wildman–Crippen LogP) is 4.34. The van der Waals surface area contributed by atoms with Gasteiger partial charge in [-0.3, -0.25) is 0 Å². The third kappa shape index (κ3) is 9.06. The molecule has 2 unspecified atom stereocenters. The summed E-state index contributed by atoms with van der Waals surface area (Å²) in [4.78, 5) is 0. The molecule has 0 radical (unpaired) electrons. The fourth-order valence-electron chi connectivity index (χ4n) is 3.20. The normalized spacial score (nSPS) is 28.0.